The molecule has 0 saturated carbocycles. The highest BCUT2D eigenvalue weighted by molar-refractivity contribution is 5.52. The van der Waals surface area contributed by atoms with Crippen molar-refractivity contribution in [2.45, 2.75) is 53.4 Å². The molecule has 1 rings (SSSR count). The van der Waals surface area contributed by atoms with E-state index in [9.17, 15) is 0 Å². The van der Waals surface area contributed by atoms with Crippen molar-refractivity contribution in [2.24, 2.45) is 5.92 Å². The monoisotopic (exact) mass is 248 g/mol. The maximum Gasteiger partial charge on any atom is 0.0495 e. The Kier molecular flexibility index (Phi) is 4.68. The van der Waals surface area contributed by atoms with Gasteiger partial charge in [-0.05, 0) is 41.0 Å². The first kappa shape index (κ1) is 13.5. The highest BCUT2D eigenvalue weighted by Gasteiger charge is 2.12. The van der Waals surface area contributed by atoms with Crippen LogP contribution in [0.25, 0.3) is 0 Å². The molecule has 102 valence electrons. The maximum atomic E-state index is 8.21. The van der Waals surface area contributed by atoms with Crippen LogP contribution in [0.5, 0.6) is 0 Å². The summed E-state index contributed by atoms with van der Waals surface area (Å²) in [5, 5.41) is 0. The third-order valence-corrected chi connectivity index (χ3v) is 3.24. The van der Waals surface area contributed by atoms with E-state index in [1.165, 1.54) is 11.1 Å². The molecule has 0 spiro atoms. The third kappa shape index (κ3) is 3.76. The van der Waals surface area contributed by atoms with E-state index in [0.717, 1.165) is 5.69 Å². The maximum absolute atomic E-state index is 8.21. The van der Waals surface area contributed by atoms with Crippen LogP contribution in [-0.4, -0.2) is 13.6 Å². The molecular formula is C17H29N. The minimum Gasteiger partial charge on any atom is -0.374 e. The second kappa shape index (κ2) is 6.26. The zero-order valence-electron chi connectivity index (χ0n) is 14.0. The summed E-state index contributed by atoms with van der Waals surface area (Å²) in [6, 6.07) is 6.66. The Bertz CT molecular complexity index is 410. The topological polar surface area (TPSA) is 3.24 Å². The van der Waals surface area contributed by atoms with Crippen molar-refractivity contribution in [1.29, 1.82) is 0 Å². The van der Waals surface area contributed by atoms with Gasteiger partial charge in [-0.15, -0.1) is 0 Å². The smallest absolute Gasteiger partial charge is 0.0495 e. The molecule has 1 heteroatoms. The van der Waals surface area contributed by atoms with Gasteiger partial charge in [0.05, 0.1) is 0 Å². The van der Waals surface area contributed by atoms with Gasteiger partial charge in [-0.2, -0.15) is 0 Å². The van der Waals surface area contributed by atoms with Crippen LogP contribution in [0.3, 0.4) is 0 Å². The summed E-state index contributed by atoms with van der Waals surface area (Å²) in [5.74, 6) is 1.40. The summed E-state index contributed by atoms with van der Waals surface area (Å²) in [4.78, 5) is 2.07. The number of benzene rings is 1. The van der Waals surface area contributed by atoms with Gasteiger partial charge >= 0.3 is 0 Å². The van der Waals surface area contributed by atoms with Crippen molar-refractivity contribution in [1.82, 2.24) is 0 Å². The van der Waals surface area contributed by atoms with Crippen LogP contribution in [-0.2, 0) is 0 Å². The van der Waals surface area contributed by atoms with E-state index in [1.54, 1.807) is 0 Å². The average Bonchev–Trinajstić information content (AvgIpc) is 2.35. The molecule has 0 N–H and O–H groups in total. The highest BCUT2D eigenvalue weighted by atomic mass is 15.1. The molecule has 1 aromatic rings. The molecule has 1 aromatic carbocycles. The molecule has 0 aliphatic rings. The lowest BCUT2D eigenvalue weighted by Gasteiger charge is -2.25. The first-order valence-electron chi connectivity index (χ1n) is 7.62. The minimum absolute atomic E-state index is 0.190. The van der Waals surface area contributed by atoms with Crippen molar-refractivity contribution < 1.29 is 1.37 Å². The van der Waals surface area contributed by atoms with E-state index in [2.05, 4.69) is 64.6 Å². The summed E-state index contributed by atoms with van der Waals surface area (Å²) < 4.78 is 8.21. The Morgan fingerprint density at radius 3 is 2.00 bits per heavy atom. The van der Waals surface area contributed by atoms with E-state index in [0.29, 0.717) is 17.8 Å². The van der Waals surface area contributed by atoms with Gasteiger partial charge in [0, 0.05) is 20.6 Å². The molecule has 0 aliphatic heterocycles. The van der Waals surface area contributed by atoms with Gasteiger partial charge in [-0.1, -0.05) is 47.6 Å². The highest BCUT2D eigenvalue weighted by Crippen LogP contribution is 2.30. The van der Waals surface area contributed by atoms with Gasteiger partial charge in [0.15, 0.2) is 0 Å². The van der Waals surface area contributed by atoms with Crippen molar-refractivity contribution in [2.75, 3.05) is 18.5 Å². The van der Waals surface area contributed by atoms with E-state index in [1.807, 2.05) is 7.05 Å². The second-order valence-corrected chi connectivity index (χ2v) is 6.13. The SMILES string of the molecule is [2H]C(C(C)C)N(C)c1ccc(C(C)C)c(C(C)C)c1. The molecule has 0 heterocycles. The van der Waals surface area contributed by atoms with Gasteiger partial charge in [-0.25, -0.2) is 0 Å². The first-order chi connectivity index (χ1) is 8.75. The standard InChI is InChI=1S/C17H29N/c1-12(2)11-18(7)15-8-9-16(13(3)4)17(10-15)14(5)6/h8-10,12-14H,11H2,1-7H3/i11D. The van der Waals surface area contributed by atoms with E-state index < -0.39 is 0 Å². The van der Waals surface area contributed by atoms with Crippen molar-refractivity contribution in [3.63, 3.8) is 0 Å². The van der Waals surface area contributed by atoms with Gasteiger partial charge < -0.3 is 4.90 Å². The molecule has 0 fully saturated rings. The lowest BCUT2D eigenvalue weighted by molar-refractivity contribution is 0.638. The largest absolute Gasteiger partial charge is 0.374 e. The number of nitrogens with zero attached hydrogens (tertiary/aromatic N) is 1. The summed E-state index contributed by atoms with van der Waals surface area (Å²) in [5.41, 5.74) is 4.00. The molecule has 0 saturated heterocycles. The van der Waals surface area contributed by atoms with Crippen LogP contribution in [0.2, 0.25) is 0 Å². The summed E-state index contributed by atoms with van der Waals surface area (Å²) in [6.45, 7) is 13.0. The Morgan fingerprint density at radius 2 is 1.56 bits per heavy atom. The Morgan fingerprint density at radius 1 is 1.00 bits per heavy atom. The van der Waals surface area contributed by atoms with Gasteiger partial charge in [-0.3, -0.25) is 0 Å². The molecule has 18 heavy (non-hydrogen) atoms. The predicted molar refractivity (Wildman–Crippen MR) is 82.7 cm³/mol. The molecule has 0 aliphatic carbocycles. The van der Waals surface area contributed by atoms with Crippen LogP contribution in [0.4, 0.5) is 5.69 Å². The number of hydrogen-bond acceptors (Lipinski definition) is 1. The van der Waals surface area contributed by atoms with Crippen LogP contribution in [0, 0.1) is 5.92 Å². The van der Waals surface area contributed by atoms with Crippen LogP contribution in [0.15, 0.2) is 18.2 Å². The second-order valence-electron chi connectivity index (χ2n) is 6.13. The summed E-state index contributed by atoms with van der Waals surface area (Å²) >= 11 is 0. The number of anilines is 1. The molecule has 1 unspecified atom stereocenters. The first-order valence-corrected chi connectivity index (χ1v) is 7.04. The van der Waals surface area contributed by atoms with E-state index in [4.69, 9.17) is 1.37 Å². The molecule has 0 aromatic heterocycles. The van der Waals surface area contributed by atoms with E-state index in [-0.39, 0.29) is 6.52 Å². The van der Waals surface area contributed by atoms with Gasteiger partial charge in [0.1, 0.15) is 0 Å². The zero-order chi connectivity index (χ0) is 14.7. The van der Waals surface area contributed by atoms with Crippen molar-refractivity contribution in [3.8, 4) is 0 Å². The molecule has 0 amide bonds. The van der Waals surface area contributed by atoms with Gasteiger partial charge in [0.2, 0.25) is 0 Å². The molecule has 0 radical (unpaired) electrons. The summed E-state index contributed by atoms with van der Waals surface area (Å²) in [6.07, 6.45) is 0. The van der Waals surface area contributed by atoms with Crippen molar-refractivity contribution in [3.05, 3.63) is 29.3 Å². The Balaban J connectivity index is 3.15. The number of hydrogen-bond donors (Lipinski definition) is 0. The lowest BCUT2D eigenvalue weighted by atomic mass is 9.90. The average molecular weight is 248 g/mol. The van der Waals surface area contributed by atoms with Crippen LogP contribution in [0.1, 0.15) is 65.9 Å². The van der Waals surface area contributed by atoms with Crippen molar-refractivity contribution >= 4 is 5.69 Å². The van der Waals surface area contributed by atoms with Gasteiger partial charge in [0.25, 0.3) is 0 Å². The van der Waals surface area contributed by atoms with Crippen LogP contribution >= 0.6 is 0 Å². The zero-order valence-corrected chi connectivity index (χ0v) is 13.0. The molecule has 0 bridgehead atoms. The molecule has 1 atom stereocenters. The fourth-order valence-corrected chi connectivity index (χ4v) is 2.34. The number of rotatable bonds is 5. The normalized spacial score (nSPS) is 14.2. The quantitative estimate of drug-likeness (QED) is 0.706. The lowest BCUT2D eigenvalue weighted by Crippen LogP contribution is -2.22. The Hall–Kier alpha value is -0.980. The van der Waals surface area contributed by atoms with Crippen LogP contribution < -0.4 is 4.90 Å². The van der Waals surface area contributed by atoms with E-state index >= 15 is 0 Å². The molecular weight excluding hydrogens is 218 g/mol. The Labute approximate surface area is 115 Å². The molecule has 1 nitrogen and oxygen atoms in total. The predicted octanol–water partition coefficient (Wildman–Crippen LogP) is 5.03. The minimum atomic E-state index is -0.190. The summed E-state index contributed by atoms with van der Waals surface area (Å²) in [7, 11) is 2.02. The fourth-order valence-electron chi connectivity index (χ4n) is 2.34. The third-order valence-electron chi connectivity index (χ3n) is 3.24. The fraction of sp³-hybridized carbons (Fsp3) is 0.647.